The van der Waals surface area contributed by atoms with Crippen molar-refractivity contribution in [2.45, 2.75) is 56.4 Å². The molecule has 14 nitrogen and oxygen atoms in total. The molecule has 1 aromatic heterocycles. The zero-order valence-electron chi connectivity index (χ0n) is 26.2. The Hall–Kier alpha value is -5.39. The number of nitrogens with zero attached hydrogens (tertiary/aromatic N) is 2. The van der Waals surface area contributed by atoms with Crippen molar-refractivity contribution < 1.29 is 56.9 Å². The molecule has 262 valence electrons. The Morgan fingerprint density at radius 3 is 2.08 bits per heavy atom. The highest BCUT2D eigenvalue weighted by Gasteiger charge is 2.36. The molecule has 0 bridgehead atoms. The summed E-state index contributed by atoms with van der Waals surface area (Å²) < 4.78 is 46.3. The van der Waals surface area contributed by atoms with Gasteiger partial charge in [-0.25, -0.2) is 9.48 Å². The Kier molecular flexibility index (Phi) is 12.9. The fourth-order valence-corrected chi connectivity index (χ4v) is 4.70. The average molecular weight is 708 g/mol. The van der Waals surface area contributed by atoms with Crippen LogP contribution in [0.15, 0.2) is 65.6 Å². The van der Waals surface area contributed by atoms with Gasteiger partial charge < -0.3 is 30.9 Å². The number of Topliss-reactive ketones (excluding diaryl/α,β-unsaturated/α-hetero) is 1. The number of thioether (sulfide) groups is 1. The van der Waals surface area contributed by atoms with E-state index in [-0.39, 0.29) is 11.3 Å². The van der Waals surface area contributed by atoms with Crippen LogP contribution in [-0.2, 0) is 25.4 Å². The molecule has 2 aromatic carbocycles. The molecular formula is C31H32F3N5O9S. The summed E-state index contributed by atoms with van der Waals surface area (Å²) in [5.41, 5.74) is -0.982. The fraction of sp³-hybridized carbons (Fsp3) is 0.323. The van der Waals surface area contributed by atoms with Crippen LogP contribution in [0.1, 0.15) is 43.2 Å². The normalized spacial score (nSPS) is 13.1. The minimum atomic E-state index is -4.84. The maximum atomic E-state index is 13.4. The maximum absolute atomic E-state index is 13.4. The first-order chi connectivity index (χ1) is 23.0. The molecule has 0 aliphatic heterocycles. The summed E-state index contributed by atoms with van der Waals surface area (Å²) in [5, 5.41) is 27.8. The number of halogens is 3. The van der Waals surface area contributed by atoms with Crippen LogP contribution in [0.25, 0.3) is 5.69 Å². The molecule has 0 aliphatic rings. The lowest BCUT2D eigenvalue weighted by molar-refractivity contribution is -0.142. The highest BCUT2D eigenvalue weighted by atomic mass is 32.2. The number of rotatable bonds is 15. The Morgan fingerprint density at radius 1 is 0.898 bits per heavy atom. The number of nitrogens with one attached hydrogen (secondary N) is 3. The molecule has 0 unspecified atom stereocenters. The summed E-state index contributed by atoms with van der Waals surface area (Å²) in [6.45, 7) is 3.57. The van der Waals surface area contributed by atoms with Crippen LogP contribution in [0.2, 0.25) is 0 Å². The van der Waals surface area contributed by atoms with Gasteiger partial charge in [0.2, 0.25) is 17.7 Å². The van der Waals surface area contributed by atoms with Crippen LogP contribution in [0.3, 0.4) is 0 Å². The number of carbonyl (C=O) groups excluding carboxylic acids is 4. The number of ether oxygens (including phenoxy) is 1. The number of ketones is 1. The molecule has 1 heterocycles. The molecule has 3 amide bonds. The lowest BCUT2D eigenvalue weighted by Gasteiger charge is -2.25. The molecule has 0 radical (unpaired) electrons. The number of benzene rings is 2. The second-order valence-electron chi connectivity index (χ2n) is 10.8. The third kappa shape index (κ3) is 11.1. The SMILES string of the molecule is CC(C)[C@H](NC(=O)c1ccc(SC(=O)O)cc1)C(=O)N[C@@H](C)C(=O)N[C@@H](CC(=O)O)C(=O)COc1cc(C(F)(F)F)nn1-c1ccccc1. The standard InChI is InChI=1S/C31H32F3N5O9S/c1-16(2)26(37-28(44)18-9-11-20(12-10-18)49-30(46)47)29(45)35-17(3)27(43)36-21(13-25(41)42)22(40)15-48-24-14-23(31(32,33)34)38-39(24)19-7-5-4-6-8-19/h4-12,14,16-17,21,26H,13,15H2,1-3H3,(H,35,45)(H,36,43)(H,37,44)(H,41,42)(H,46,47)/t17-,21-,26-/m0/s1. The first-order valence-electron chi connectivity index (χ1n) is 14.5. The number of alkyl halides is 3. The summed E-state index contributed by atoms with van der Waals surface area (Å²) in [6.07, 6.45) is -5.75. The van der Waals surface area contributed by atoms with Crippen molar-refractivity contribution in [2.75, 3.05) is 6.61 Å². The molecule has 18 heteroatoms. The summed E-state index contributed by atoms with van der Waals surface area (Å²) in [7, 11) is 0. The van der Waals surface area contributed by atoms with Crippen LogP contribution in [0.5, 0.6) is 5.88 Å². The molecular weight excluding hydrogens is 675 g/mol. The molecule has 0 spiro atoms. The minimum absolute atomic E-state index is 0.137. The Bertz CT molecular complexity index is 1680. The van der Waals surface area contributed by atoms with Crippen LogP contribution in [0.4, 0.5) is 18.0 Å². The predicted molar refractivity (Wildman–Crippen MR) is 167 cm³/mol. The van der Waals surface area contributed by atoms with Crippen LogP contribution >= 0.6 is 11.8 Å². The van der Waals surface area contributed by atoms with E-state index in [4.69, 9.17) is 9.84 Å². The number of hydrogen-bond donors (Lipinski definition) is 5. The Morgan fingerprint density at radius 2 is 1.53 bits per heavy atom. The second-order valence-corrected chi connectivity index (χ2v) is 11.9. The molecule has 3 atom stereocenters. The largest absolute Gasteiger partial charge is 0.481 e. The van der Waals surface area contributed by atoms with Crippen molar-refractivity contribution in [1.29, 1.82) is 0 Å². The first-order valence-corrected chi connectivity index (χ1v) is 15.3. The maximum Gasteiger partial charge on any atom is 0.435 e. The highest BCUT2D eigenvalue weighted by Crippen LogP contribution is 2.32. The lowest BCUT2D eigenvalue weighted by atomic mass is 10.0. The van der Waals surface area contributed by atoms with Gasteiger partial charge in [-0.15, -0.1) is 0 Å². The van der Waals surface area contributed by atoms with E-state index in [1.807, 2.05) is 0 Å². The first kappa shape index (κ1) is 38.1. The van der Waals surface area contributed by atoms with Crippen molar-refractivity contribution in [1.82, 2.24) is 25.7 Å². The third-order valence-electron chi connectivity index (χ3n) is 6.72. The van der Waals surface area contributed by atoms with E-state index in [9.17, 15) is 47.0 Å². The fourth-order valence-electron chi connectivity index (χ4n) is 4.23. The molecule has 0 saturated heterocycles. The minimum Gasteiger partial charge on any atom is -0.481 e. The number of hydrogen-bond acceptors (Lipinski definition) is 9. The zero-order chi connectivity index (χ0) is 36.5. The van der Waals surface area contributed by atoms with E-state index in [2.05, 4.69) is 21.0 Å². The predicted octanol–water partition coefficient (Wildman–Crippen LogP) is 3.53. The summed E-state index contributed by atoms with van der Waals surface area (Å²) in [4.78, 5) is 74.6. The van der Waals surface area contributed by atoms with Gasteiger partial charge in [0.05, 0.1) is 12.1 Å². The van der Waals surface area contributed by atoms with Crippen molar-refractivity contribution in [3.8, 4) is 11.6 Å². The van der Waals surface area contributed by atoms with Crippen LogP contribution in [-0.4, -0.2) is 79.5 Å². The van der Waals surface area contributed by atoms with Crippen LogP contribution < -0.4 is 20.7 Å². The van der Waals surface area contributed by atoms with E-state index >= 15 is 0 Å². The summed E-state index contributed by atoms with van der Waals surface area (Å²) >= 11 is 0.545. The molecule has 3 aromatic rings. The number of aliphatic carboxylic acids is 1. The van der Waals surface area contributed by atoms with Crippen LogP contribution in [0, 0.1) is 5.92 Å². The Labute approximate surface area is 281 Å². The van der Waals surface area contributed by atoms with E-state index in [1.165, 1.54) is 55.5 Å². The molecule has 0 aliphatic carbocycles. The number of carboxylic acids is 1. The van der Waals surface area contributed by atoms with Gasteiger partial charge in [-0.2, -0.15) is 18.3 Å². The Balaban J connectivity index is 1.67. The molecule has 3 rings (SSSR count). The molecule has 5 N–H and O–H groups in total. The number of para-hydroxylation sites is 1. The van der Waals surface area contributed by atoms with E-state index < -0.39 is 89.6 Å². The quantitative estimate of drug-likeness (QED) is 0.145. The average Bonchev–Trinajstić information content (AvgIpc) is 3.47. The number of carboxylic acid groups (broad SMARTS) is 2. The second kappa shape index (κ2) is 16.6. The van der Waals surface area contributed by atoms with E-state index in [1.54, 1.807) is 19.9 Å². The van der Waals surface area contributed by atoms with Crippen molar-refractivity contribution in [3.63, 3.8) is 0 Å². The van der Waals surface area contributed by atoms with E-state index in [0.717, 1.165) is 4.68 Å². The molecule has 49 heavy (non-hydrogen) atoms. The molecule has 0 saturated carbocycles. The number of aromatic nitrogens is 2. The van der Waals surface area contributed by atoms with E-state index in [0.29, 0.717) is 22.7 Å². The van der Waals surface area contributed by atoms with Gasteiger partial charge in [-0.1, -0.05) is 32.0 Å². The number of carbonyl (C=O) groups is 6. The topological polar surface area (TPSA) is 206 Å². The lowest BCUT2D eigenvalue weighted by Crippen LogP contribution is -2.56. The highest BCUT2D eigenvalue weighted by molar-refractivity contribution is 8.13. The smallest absolute Gasteiger partial charge is 0.435 e. The zero-order valence-corrected chi connectivity index (χ0v) is 27.0. The van der Waals surface area contributed by atoms with Crippen molar-refractivity contribution in [3.05, 3.63) is 71.9 Å². The van der Waals surface area contributed by atoms with Crippen molar-refractivity contribution >= 4 is 46.5 Å². The van der Waals surface area contributed by atoms with Gasteiger partial charge >= 0.3 is 17.4 Å². The van der Waals surface area contributed by atoms with Gasteiger partial charge in [-0.3, -0.25) is 24.0 Å². The summed E-state index contributed by atoms with van der Waals surface area (Å²) in [6, 6.07) is 9.58. The molecule has 0 fully saturated rings. The van der Waals surface area contributed by atoms with Gasteiger partial charge in [0.1, 0.15) is 18.1 Å². The summed E-state index contributed by atoms with van der Waals surface area (Å²) in [5.74, 6) is -5.82. The van der Waals surface area contributed by atoms with Gasteiger partial charge in [0, 0.05) is 16.5 Å². The third-order valence-corrected chi connectivity index (χ3v) is 7.41. The number of amides is 3. The van der Waals surface area contributed by atoms with Gasteiger partial charge in [-0.05, 0) is 61.0 Å². The van der Waals surface area contributed by atoms with Crippen molar-refractivity contribution in [2.24, 2.45) is 5.92 Å². The van der Waals surface area contributed by atoms with Gasteiger partial charge in [0.15, 0.2) is 18.1 Å². The van der Waals surface area contributed by atoms with Gasteiger partial charge in [0.25, 0.3) is 5.91 Å². The monoisotopic (exact) mass is 707 g/mol.